The van der Waals surface area contributed by atoms with Gasteiger partial charge in [0.25, 0.3) is 0 Å². The number of anilines is 1. The Balaban J connectivity index is 1.44. The second-order valence-corrected chi connectivity index (χ2v) is 7.09. The van der Waals surface area contributed by atoms with Gasteiger partial charge in [-0.15, -0.1) is 0 Å². The Morgan fingerprint density at radius 1 is 1.10 bits per heavy atom. The molecule has 0 radical (unpaired) electrons. The monoisotopic (exact) mass is 405 g/mol. The number of fused-ring (bicyclic) bond motifs is 1. The zero-order valence-corrected chi connectivity index (χ0v) is 17.2. The first-order chi connectivity index (χ1) is 14.8. The van der Waals surface area contributed by atoms with Crippen molar-refractivity contribution < 1.29 is 9.47 Å². The Bertz CT molecular complexity index is 985. The van der Waals surface area contributed by atoms with Crippen LogP contribution in [-0.4, -0.2) is 35.3 Å². The first-order valence-corrected chi connectivity index (χ1v) is 10.3. The normalized spacial score (nSPS) is 13.6. The number of nitrogens with one attached hydrogen (secondary N) is 2. The predicted octanol–water partition coefficient (Wildman–Crippen LogP) is 3.67. The van der Waals surface area contributed by atoms with Crippen molar-refractivity contribution in [1.82, 2.24) is 14.9 Å². The fraction of sp³-hybridized carbons (Fsp3) is 0.304. The summed E-state index contributed by atoms with van der Waals surface area (Å²) < 4.78 is 13.5. The molecule has 7 nitrogen and oxygen atoms in total. The van der Waals surface area contributed by atoms with Crippen LogP contribution in [0.5, 0.6) is 11.5 Å². The van der Waals surface area contributed by atoms with Gasteiger partial charge in [0.1, 0.15) is 0 Å². The van der Waals surface area contributed by atoms with Gasteiger partial charge in [-0.1, -0.05) is 24.3 Å². The lowest BCUT2D eigenvalue weighted by molar-refractivity contribution is 0.297. The highest BCUT2D eigenvalue weighted by Crippen LogP contribution is 2.32. The van der Waals surface area contributed by atoms with E-state index in [0.717, 1.165) is 48.2 Å². The fourth-order valence-corrected chi connectivity index (χ4v) is 3.27. The summed E-state index contributed by atoms with van der Waals surface area (Å²) in [6, 6.07) is 14.3. The molecule has 0 bridgehead atoms. The van der Waals surface area contributed by atoms with E-state index in [2.05, 4.69) is 51.4 Å². The van der Waals surface area contributed by atoms with Gasteiger partial charge >= 0.3 is 0 Å². The summed E-state index contributed by atoms with van der Waals surface area (Å²) in [4.78, 5) is 8.85. The number of benzene rings is 2. The zero-order chi connectivity index (χ0) is 20.6. The summed E-state index contributed by atoms with van der Waals surface area (Å²) in [6.45, 7) is 5.56. The van der Waals surface area contributed by atoms with Gasteiger partial charge in [0.05, 0.1) is 26.1 Å². The van der Waals surface area contributed by atoms with Crippen LogP contribution in [0.2, 0.25) is 0 Å². The topological polar surface area (TPSA) is 72.7 Å². The maximum absolute atomic E-state index is 5.78. The van der Waals surface area contributed by atoms with Gasteiger partial charge in [-0.3, -0.25) is 0 Å². The minimum atomic E-state index is 0.581. The summed E-state index contributed by atoms with van der Waals surface area (Å²) in [5.74, 6) is 2.28. The molecule has 30 heavy (non-hydrogen) atoms. The quantitative estimate of drug-likeness (QED) is 0.484. The van der Waals surface area contributed by atoms with Crippen molar-refractivity contribution in [3.63, 3.8) is 0 Å². The molecular formula is C23H27N5O2. The molecule has 0 spiro atoms. The van der Waals surface area contributed by atoms with Gasteiger partial charge in [0.2, 0.25) is 0 Å². The summed E-state index contributed by atoms with van der Waals surface area (Å²) in [6.07, 6.45) is 6.48. The van der Waals surface area contributed by atoms with Crippen LogP contribution in [0.15, 0.2) is 66.2 Å². The van der Waals surface area contributed by atoms with Crippen LogP contribution < -0.4 is 20.1 Å². The Hall–Kier alpha value is -3.48. The molecule has 0 saturated heterocycles. The average molecular weight is 406 g/mol. The van der Waals surface area contributed by atoms with Gasteiger partial charge < -0.3 is 24.7 Å². The zero-order valence-electron chi connectivity index (χ0n) is 17.2. The SMILES string of the molecule is CCNC(=NCc1cccc(Cn2ccnc2)c1)Nc1ccc2c(c1)OCCCO2. The van der Waals surface area contributed by atoms with E-state index in [1.807, 2.05) is 30.7 Å². The van der Waals surface area contributed by atoms with Crippen molar-refractivity contribution in [2.75, 3.05) is 25.1 Å². The molecule has 0 fully saturated rings. The van der Waals surface area contributed by atoms with Gasteiger partial charge in [-0.2, -0.15) is 0 Å². The number of guanidine groups is 1. The number of imidazole rings is 1. The van der Waals surface area contributed by atoms with Gasteiger partial charge in [-0.05, 0) is 30.2 Å². The molecule has 1 aliphatic rings. The number of rotatable bonds is 6. The highest BCUT2D eigenvalue weighted by atomic mass is 16.5. The lowest BCUT2D eigenvalue weighted by atomic mass is 10.1. The number of aromatic nitrogens is 2. The largest absolute Gasteiger partial charge is 0.490 e. The van der Waals surface area contributed by atoms with Gasteiger partial charge in [-0.25, -0.2) is 9.98 Å². The second-order valence-electron chi connectivity index (χ2n) is 7.09. The number of aliphatic imine (C=N–C) groups is 1. The third-order valence-corrected chi connectivity index (χ3v) is 4.69. The van der Waals surface area contributed by atoms with Crippen molar-refractivity contribution in [1.29, 1.82) is 0 Å². The average Bonchev–Trinajstić information content (AvgIpc) is 3.15. The summed E-state index contributed by atoms with van der Waals surface area (Å²) >= 11 is 0. The maximum atomic E-state index is 5.78. The third kappa shape index (κ3) is 5.31. The van der Waals surface area contributed by atoms with E-state index in [1.165, 1.54) is 5.56 Å². The number of nitrogens with zero attached hydrogens (tertiary/aromatic N) is 3. The predicted molar refractivity (Wildman–Crippen MR) is 118 cm³/mol. The second kappa shape index (κ2) is 9.82. The van der Waals surface area contributed by atoms with Crippen LogP contribution in [0.25, 0.3) is 0 Å². The van der Waals surface area contributed by atoms with Crippen molar-refractivity contribution in [2.24, 2.45) is 4.99 Å². The fourth-order valence-electron chi connectivity index (χ4n) is 3.27. The molecule has 7 heteroatoms. The summed E-state index contributed by atoms with van der Waals surface area (Å²) in [7, 11) is 0. The van der Waals surface area contributed by atoms with Crippen LogP contribution in [0.4, 0.5) is 5.69 Å². The van der Waals surface area contributed by atoms with Gasteiger partial charge in [0.15, 0.2) is 17.5 Å². The van der Waals surface area contributed by atoms with E-state index in [9.17, 15) is 0 Å². The first kappa shape index (κ1) is 19.8. The molecule has 1 aromatic heterocycles. The number of hydrogen-bond donors (Lipinski definition) is 2. The summed E-state index contributed by atoms with van der Waals surface area (Å²) in [5, 5.41) is 6.66. The van der Waals surface area contributed by atoms with Crippen LogP contribution >= 0.6 is 0 Å². The molecule has 156 valence electrons. The molecule has 0 amide bonds. The van der Waals surface area contributed by atoms with Crippen LogP contribution in [0.1, 0.15) is 24.5 Å². The Morgan fingerprint density at radius 2 is 1.97 bits per heavy atom. The van der Waals surface area contributed by atoms with E-state index in [1.54, 1.807) is 6.20 Å². The minimum absolute atomic E-state index is 0.581. The van der Waals surface area contributed by atoms with Gasteiger partial charge in [0, 0.05) is 43.7 Å². The first-order valence-electron chi connectivity index (χ1n) is 10.3. The Labute approximate surface area is 176 Å². The van der Waals surface area contributed by atoms with Crippen LogP contribution in [0, 0.1) is 0 Å². The Kier molecular flexibility index (Phi) is 6.49. The molecule has 2 heterocycles. The van der Waals surface area contributed by atoms with Crippen LogP contribution in [0.3, 0.4) is 0 Å². The lowest BCUT2D eigenvalue weighted by Crippen LogP contribution is -2.30. The number of ether oxygens (including phenoxy) is 2. The highest BCUT2D eigenvalue weighted by molar-refractivity contribution is 5.93. The standard InChI is InChI=1S/C23H27N5O2/c1-2-25-23(27-20-7-8-21-22(14-20)30-12-4-11-29-21)26-15-18-5-3-6-19(13-18)16-28-10-9-24-17-28/h3,5-10,13-14,17H,2,4,11-12,15-16H2,1H3,(H2,25,26,27). The molecule has 2 aromatic carbocycles. The molecule has 0 atom stereocenters. The van der Waals surface area contributed by atoms with Crippen molar-refractivity contribution >= 4 is 11.6 Å². The molecule has 4 rings (SSSR count). The Morgan fingerprint density at radius 3 is 2.80 bits per heavy atom. The van der Waals surface area contributed by atoms with E-state index in [-0.39, 0.29) is 0 Å². The molecule has 0 aliphatic carbocycles. The van der Waals surface area contributed by atoms with E-state index >= 15 is 0 Å². The van der Waals surface area contributed by atoms with Crippen molar-refractivity contribution in [3.8, 4) is 11.5 Å². The minimum Gasteiger partial charge on any atom is -0.490 e. The molecule has 0 unspecified atom stereocenters. The summed E-state index contributed by atoms with van der Waals surface area (Å²) in [5.41, 5.74) is 3.29. The number of hydrogen-bond acceptors (Lipinski definition) is 4. The van der Waals surface area contributed by atoms with Crippen LogP contribution in [-0.2, 0) is 13.1 Å². The smallest absolute Gasteiger partial charge is 0.196 e. The molecule has 0 saturated carbocycles. The third-order valence-electron chi connectivity index (χ3n) is 4.69. The van der Waals surface area contributed by atoms with E-state index < -0.39 is 0 Å². The molecule has 3 aromatic rings. The van der Waals surface area contributed by atoms with Crippen molar-refractivity contribution in [2.45, 2.75) is 26.4 Å². The van der Waals surface area contributed by atoms with E-state index in [4.69, 9.17) is 14.5 Å². The van der Waals surface area contributed by atoms with Crippen molar-refractivity contribution in [3.05, 3.63) is 72.3 Å². The molecule has 1 aliphatic heterocycles. The van der Waals surface area contributed by atoms with E-state index in [0.29, 0.717) is 19.8 Å². The lowest BCUT2D eigenvalue weighted by Gasteiger charge is -2.14. The molecular weight excluding hydrogens is 378 g/mol. The molecule has 2 N–H and O–H groups in total. The maximum Gasteiger partial charge on any atom is 0.196 e. The highest BCUT2D eigenvalue weighted by Gasteiger charge is 2.11.